The van der Waals surface area contributed by atoms with E-state index in [-0.39, 0.29) is 12.3 Å². The second-order valence-electron chi connectivity index (χ2n) is 7.93. The second kappa shape index (κ2) is 7.27. The van der Waals surface area contributed by atoms with Crippen molar-refractivity contribution in [3.63, 3.8) is 0 Å². The SMILES string of the molecule is COc1cccc(C2CN(CC3CCCc4ccccc43)C3OCOC23)c1. The van der Waals surface area contributed by atoms with Crippen LogP contribution in [0.3, 0.4) is 0 Å². The van der Waals surface area contributed by atoms with Crippen molar-refractivity contribution in [1.29, 1.82) is 0 Å². The first kappa shape index (κ1) is 17.2. The zero-order valence-corrected chi connectivity index (χ0v) is 15.8. The monoisotopic (exact) mass is 365 g/mol. The van der Waals surface area contributed by atoms with E-state index in [1.54, 1.807) is 7.11 Å². The third-order valence-electron chi connectivity index (χ3n) is 6.44. The molecule has 4 nitrogen and oxygen atoms in total. The molecule has 0 N–H and O–H groups in total. The summed E-state index contributed by atoms with van der Waals surface area (Å²) in [5.74, 6) is 1.82. The highest BCUT2D eigenvalue weighted by molar-refractivity contribution is 5.34. The lowest BCUT2D eigenvalue weighted by Crippen LogP contribution is -2.37. The van der Waals surface area contributed by atoms with Crippen LogP contribution in [0.1, 0.15) is 41.4 Å². The van der Waals surface area contributed by atoms with Crippen molar-refractivity contribution in [2.75, 3.05) is 27.0 Å². The van der Waals surface area contributed by atoms with Gasteiger partial charge in [0.1, 0.15) is 24.9 Å². The van der Waals surface area contributed by atoms with Crippen LogP contribution < -0.4 is 4.74 Å². The third kappa shape index (κ3) is 3.16. The van der Waals surface area contributed by atoms with Crippen molar-refractivity contribution < 1.29 is 14.2 Å². The minimum Gasteiger partial charge on any atom is -0.497 e. The molecule has 4 heteroatoms. The topological polar surface area (TPSA) is 30.9 Å². The van der Waals surface area contributed by atoms with E-state index >= 15 is 0 Å². The Morgan fingerprint density at radius 3 is 2.96 bits per heavy atom. The van der Waals surface area contributed by atoms with Crippen LogP contribution in [0.2, 0.25) is 0 Å². The fraction of sp³-hybridized carbons (Fsp3) is 0.478. The van der Waals surface area contributed by atoms with Crippen molar-refractivity contribution in [1.82, 2.24) is 4.90 Å². The van der Waals surface area contributed by atoms with Gasteiger partial charge in [-0.05, 0) is 54.0 Å². The number of hydrogen-bond donors (Lipinski definition) is 0. The molecule has 1 aliphatic carbocycles. The molecule has 3 aliphatic rings. The molecule has 2 heterocycles. The molecule has 27 heavy (non-hydrogen) atoms. The molecule has 0 amide bonds. The van der Waals surface area contributed by atoms with Crippen LogP contribution in [0.4, 0.5) is 0 Å². The lowest BCUT2D eigenvalue weighted by atomic mass is 9.82. The first-order valence-electron chi connectivity index (χ1n) is 10.0. The van der Waals surface area contributed by atoms with Gasteiger partial charge in [0.2, 0.25) is 0 Å². The second-order valence-corrected chi connectivity index (χ2v) is 7.93. The summed E-state index contributed by atoms with van der Waals surface area (Å²) in [6, 6.07) is 17.4. The summed E-state index contributed by atoms with van der Waals surface area (Å²) in [5.41, 5.74) is 4.34. The van der Waals surface area contributed by atoms with E-state index in [2.05, 4.69) is 47.4 Å². The summed E-state index contributed by atoms with van der Waals surface area (Å²) >= 11 is 0. The van der Waals surface area contributed by atoms with Crippen molar-refractivity contribution >= 4 is 0 Å². The van der Waals surface area contributed by atoms with Gasteiger partial charge in [-0.1, -0.05) is 36.4 Å². The molecule has 4 atom stereocenters. The largest absolute Gasteiger partial charge is 0.497 e. The summed E-state index contributed by atoms with van der Waals surface area (Å²) in [5, 5.41) is 0. The van der Waals surface area contributed by atoms with E-state index in [9.17, 15) is 0 Å². The quantitative estimate of drug-likeness (QED) is 0.822. The summed E-state index contributed by atoms with van der Waals surface area (Å²) < 4.78 is 17.4. The molecular weight excluding hydrogens is 338 g/mol. The number of benzene rings is 2. The number of aryl methyl sites for hydroxylation is 1. The maximum Gasteiger partial charge on any atom is 0.149 e. The van der Waals surface area contributed by atoms with Crippen LogP contribution in [0, 0.1) is 0 Å². The van der Waals surface area contributed by atoms with Gasteiger partial charge >= 0.3 is 0 Å². The molecule has 2 aromatic rings. The van der Waals surface area contributed by atoms with Crippen molar-refractivity contribution in [3.8, 4) is 5.75 Å². The zero-order chi connectivity index (χ0) is 18.2. The number of ether oxygens (including phenoxy) is 3. The van der Waals surface area contributed by atoms with Crippen molar-refractivity contribution in [2.24, 2.45) is 0 Å². The Morgan fingerprint density at radius 1 is 1.11 bits per heavy atom. The molecule has 0 radical (unpaired) electrons. The first-order chi connectivity index (χ1) is 13.3. The molecular formula is C23H27NO3. The normalized spacial score (nSPS) is 30.1. The highest BCUT2D eigenvalue weighted by Gasteiger charge is 2.48. The van der Waals surface area contributed by atoms with Gasteiger partial charge in [0.05, 0.1) is 7.11 Å². The lowest BCUT2D eigenvalue weighted by Gasteiger charge is -2.31. The predicted octanol–water partition coefficient (Wildman–Crippen LogP) is 3.91. The maximum absolute atomic E-state index is 6.00. The Balaban J connectivity index is 1.38. The average Bonchev–Trinajstić information content (AvgIpc) is 3.32. The van der Waals surface area contributed by atoms with Gasteiger partial charge in [-0.25, -0.2) is 0 Å². The molecule has 2 aliphatic heterocycles. The molecule has 5 rings (SSSR count). The number of methoxy groups -OCH3 is 1. The fourth-order valence-corrected chi connectivity index (χ4v) is 5.13. The van der Waals surface area contributed by atoms with Gasteiger partial charge in [-0.2, -0.15) is 0 Å². The van der Waals surface area contributed by atoms with Crippen molar-refractivity contribution in [3.05, 3.63) is 65.2 Å². The standard InChI is InChI=1S/C23H27NO3/c1-25-19-10-5-8-17(12-19)21-14-24(23-22(21)26-15-27-23)13-18-9-4-7-16-6-2-3-11-20(16)18/h2-3,5-6,8,10-12,18,21-23H,4,7,9,13-15H2,1H3. The van der Waals surface area contributed by atoms with E-state index in [0.717, 1.165) is 18.8 Å². The molecule has 142 valence electrons. The van der Waals surface area contributed by atoms with Crippen LogP contribution in [-0.4, -0.2) is 44.2 Å². The number of hydrogen-bond acceptors (Lipinski definition) is 4. The van der Waals surface area contributed by atoms with Gasteiger partial charge in [-0.15, -0.1) is 0 Å². The highest BCUT2D eigenvalue weighted by Crippen LogP contribution is 2.41. The van der Waals surface area contributed by atoms with Gasteiger partial charge in [0.15, 0.2) is 0 Å². The summed E-state index contributed by atoms with van der Waals surface area (Å²) in [6.45, 7) is 2.41. The Labute approximate surface area is 161 Å². The summed E-state index contributed by atoms with van der Waals surface area (Å²) in [6.07, 6.45) is 3.92. The van der Waals surface area contributed by atoms with E-state index in [1.807, 2.05) is 6.07 Å². The molecule has 2 fully saturated rings. The molecule has 2 saturated heterocycles. The molecule has 0 bridgehead atoms. The minimum atomic E-state index is 0.0651. The molecule has 0 spiro atoms. The molecule has 4 unspecified atom stereocenters. The minimum absolute atomic E-state index is 0.0651. The van der Waals surface area contributed by atoms with Gasteiger partial charge in [0, 0.05) is 19.0 Å². The number of likely N-dealkylation sites (tertiary alicyclic amines) is 1. The maximum atomic E-state index is 6.00. The van der Waals surface area contributed by atoms with E-state index in [1.165, 1.54) is 36.0 Å². The Hall–Kier alpha value is -1.88. The fourth-order valence-electron chi connectivity index (χ4n) is 5.13. The van der Waals surface area contributed by atoms with Gasteiger partial charge < -0.3 is 14.2 Å². The summed E-state index contributed by atoms with van der Waals surface area (Å²) in [4.78, 5) is 2.51. The predicted molar refractivity (Wildman–Crippen MR) is 104 cm³/mol. The highest BCUT2D eigenvalue weighted by atomic mass is 16.7. The third-order valence-corrected chi connectivity index (χ3v) is 6.44. The van der Waals surface area contributed by atoms with Gasteiger partial charge in [-0.3, -0.25) is 4.90 Å². The summed E-state index contributed by atoms with van der Waals surface area (Å²) in [7, 11) is 1.72. The molecule has 0 aromatic heterocycles. The Bertz CT molecular complexity index is 808. The molecule has 0 saturated carbocycles. The van der Waals surface area contributed by atoms with Crippen molar-refractivity contribution in [2.45, 2.75) is 43.4 Å². The Kier molecular flexibility index (Phi) is 4.64. The van der Waals surface area contributed by atoms with E-state index < -0.39 is 0 Å². The van der Waals surface area contributed by atoms with Crippen LogP contribution in [-0.2, 0) is 15.9 Å². The molecule has 2 aromatic carbocycles. The first-order valence-corrected chi connectivity index (χ1v) is 10.0. The number of fused-ring (bicyclic) bond motifs is 2. The van der Waals surface area contributed by atoms with Gasteiger partial charge in [0.25, 0.3) is 0 Å². The van der Waals surface area contributed by atoms with E-state index in [4.69, 9.17) is 14.2 Å². The smallest absolute Gasteiger partial charge is 0.149 e. The van der Waals surface area contributed by atoms with Crippen LogP contribution in [0.5, 0.6) is 5.75 Å². The van der Waals surface area contributed by atoms with Crippen LogP contribution >= 0.6 is 0 Å². The Morgan fingerprint density at radius 2 is 2.04 bits per heavy atom. The van der Waals surface area contributed by atoms with E-state index in [0.29, 0.717) is 18.6 Å². The van der Waals surface area contributed by atoms with Crippen LogP contribution in [0.15, 0.2) is 48.5 Å². The zero-order valence-electron chi connectivity index (χ0n) is 15.8. The van der Waals surface area contributed by atoms with Crippen LogP contribution in [0.25, 0.3) is 0 Å². The lowest BCUT2D eigenvalue weighted by molar-refractivity contribution is -0.0230. The average molecular weight is 365 g/mol. The number of nitrogens with zero attached hydrogens (tertiary/aromatic N) is 1. The number of rotatable bonds is 4.